The van der Waals surface area contributed by atoms with Crippen molar-refractivity contribution in [3.05, 3.63) is 22.8 Å². The minimum absolute atomic E-state index is 0.273. The number of carboxylic acids is 1. The van der Waals surface area contributed by atoms with Crippen molar-refractivity contribution in [2.75, 3.05) is 0 Å². The molecule has 0 amide bonds. The van der Waals surface area contributed by atoms with E-state index < -0.39 is 5.97 Å². The van der Waals surface area contributed by atoms with Crippen LogP contribution in [0.3, 0.4) is 0 Å². The van der Waals surface area contributed by atoms with E-state index in [-0.39, 0.29) is 5.92 Å². The van der Waals surface area contributed by atoms with Crippen LogP contribution in [0.4, 0.5) is 0 Å². The molecule has 2 rings (SSSR count). The van der Waals surface area contributed by atoms with Crippen LogP contribution in [0.15, 0.2) is 0 Å². The Morgan fingerprint density at radius 1 is 1.47 bits per heavy atom. The number of nitrogens with zero attached hydrogens (tertiary/aromatic N) is 2. The molecule has 0 aromatic carbocycles. The number of rotatable bonds is 4. The summed E-state index contributed by atoms with van der Waals surface area (Å²) in [7, 11) is 0. The predicted molar refractivity (Wildman–Crippen MR) is 76.4 cm³/mol. The molecule has 19 heavy (non-hydrogen) atoms. The Kier molecular flexibility index (Phi) is 4.45. The molecule has 0 saturated heterocycles. The molecule has 1 aliphatic rings. The van der Waals surface area contributed by atoms with E-state index in [1.165, 1.54) is 0 Å². The number of carboxylic acid groups (broad SMARTS) is 1. The molecule has 0 fully saturated rings. The lowest BCUT2D eigenvalue weighted by atomic mass is 9.86. The minimum atomic E-state index is -0.704. The van der Waals surface area contributed by atoms with Gasteiger partial charge >= 0.3 is 5.97 Å². The Labute approximate surface area is 118 Å². The number of aliphatic carboxylic acids is 1. The van der Waals surface area contributed by atoms with Gasteiger partial charge in [0.25, 0.3) is 0 Å². The third-order valence-corrected chi connectivity index (χ3v) is 4.51. The van der Waals surface area contributed by atoms with Crippen LogP contribution in [0.25, 0.3) is 0 Å². The molecule has 0 aliphatic heterocycles. The molecule has 0 spiro atoms. The molecule has 1 atom stereocenters. The largest absolute Gasteiger partial charge is 0.481 e. The fraction of sp³-hybridized carbons (Fsp3) is 0.643. The molecule has 1 aromatic heterocycles. The van der Waals surface area contributed by atoms with Crippen molar-refractivity contribution in [1.29, 1.82) is 0 Å². The summed E-state index contributed by atoms with van der Waals surface area (Å²) in [5.41, 5.74) is 3.07. The van der Waals surface area contributed by atoms with Gasteiger partial charge in [0.15, 0.2) is 0 Å². The van der Waals surface area contributed by atoms with Crippen molar-refractivity contribution in [1.82, 2.24) is 9.97 Å². The first-order valence-corrected chi connectivity index (χ1v) is 7.72. The lowest BCUT2D eigenvalue weighted by Crippen LogP contribution is -2.24. The molecule has 1 N–H and O–H groups in total. The highest BCUT2D eigenvalue weighted by atomic mass is 32.2. The Morgan fingerprint density at radius 2 is 2.21 bits per heavy atom. The van der Waals surface area contributed by atoms with Gasteiger partial charge in [0.1, 0.15) is 5.82 Å². The molecule has 0 saturated carbocycles. The molecular weight excluding hydrogens is 260 g/mol. The van der Waals surface area contributed by atoms with E-state index in [2.05, 4.69) is 23.8 Å². The summed E-state index contributed by atoms with van der Waals surface area (Å²) >= 11 is 1.83. The molecule has 1 unspecified atom stereocenters. The zero-order valence-electron chi connectivity index (χ0n) is 11.6. The molecule has 0 bridgehead atoms. The van der Waals surface area contributed by atoms with Gasteiger partial charge in [-0.2, -0.15) is 11.8 Å². The zero-order chi connectivity index (χ0) is 14.0. The summed E-state index contributed by atoms with van der Waals surface area (Å²) in [6.07, 6.45) is 2.03. The van der Waals surface area contributed by atoms with Crippen LogP contribution in [0, 0.1) is 12.8 Å². The number of fused-ring (bicyclic) bond motifs is 1. The van der Waals surface area contributed by atoms with Gasteiger partial charge in [-0.1, -0.05) is 13.8 Å². The Balaban J connectivity index is 2.19. The highest BCUT2D eigenvalue weighted by Crippen LogP contribution is 2.27. The summed E-state index contributed by atoms with van der Waals surface area (Å²) in [6.45, 7) is 6.29. The number of thioether (sulfide) groups is 1. The smallest absolute Gasteiger partial charge is 0.306 e. The van der Waals surface area contributed by atoms with Gasteiger partial charge in [0.2, 0.25) is 0 Å². The maximum Gasteiger partial charge on any atom is 0.306 e. The Hall–Kier alpha value is -1.10. The average Bonchev–Trinajstić information content (AvgIpc) is 2.36. The molecule has 1 aromatic rings. The number of aryl methyl sites for hydroxylation is 2. The zero-order valence-corrected chi connectivity index (χ0v) is 12.5. The standard InChI is InChI=1S/C14H20N2O2S/c1-8(2)19-7-13-15-9(3)11-6-10(14(17)18)4-5-12(11)16-13/h8,10H,4-7H2,1-3H3,(H,17,18). The summed E-state index contributed by atoms with van der Waals surface area (Å²) < 4.78 is 0. The highest BCUT2D eigenvalue weighted by Gasteiger charge is 2.27. The topological polar surface area (TPSA) is 63.1 Å². The van der Waals surface area contributed by atoms with E-state index in [9.17, 15) is 4.79 Å². The van der Waals surface area contributed by atoms with Crippen molar-refractivity contribution in [3.63, 3.8) is 0 Å². The molecule has 5 heteroatoms. The second kappa shape index (κ2) is 5.90. The maximum atomic E-state index is 11.1. The van der Waals surface area contributed by atoms with Gasteiger partial charge in [-0.15, -0.1) is 0 Å². The third-order valence-electron chi connectivity index (χ3n) is 3.42. The quantitative estimate of drug-likeness (QED) is 0.918. The minimum Gasteiger partial charge on any atom is -0.481 e. The number of hydrogen-bond acceptors (Lipinski definition) is 4. The van der Waals surface area contributed by atoms with Gasteiger partial charge < -0.3 is 5.11 Å². The summed E-state index contributed by atoms with van der Waals surface area (Å²) in [4.78, 5) is 20.2. The first-order valence-electron chi connectivity index (χ1n) is 6.67. The van der Waals surface area contributed by atoms with Crippen LogP contribution in [0.2, 0.25) is 0 Å². The monoisotopic (exact) mass is 280 g/mol. The van der Waals surface area contributed by atoms with E-state index in [4.69, 9.17) is 5.11 Å². The van der Waals surface area contributed by atoms with Crippen LogP contribution in [-0.2, 0) is 23.4 Å². The molecule has 4 nitrogen and oxygen atoms in total. The van der Waals surface area contributed by atoms with Crippen LogP contribution in [-0.4, -0.2) is 26.3 Å². The normalized spacial score (nSPS) is 18.4. The van der Waals surface area contributed by atoms with E-state index in [1.54, 1.807) is 0 Å². The molecule has 0 radical (unpaired) electrons. The number of carbonyl (C=O) groups is 1. The molecular formula is C14H20N2O2S. The first-order chi connectivity index (χ1) is 8.97. The van der Waals surface area contributed by atoms with Crippen molar-refractivity contribution >= 4 is 17.7 Å². The van der Waals surface area contributed by atoms with E-state index in [0.717, 1.165) is 34.9 Å². The molecule has 1 aliphatic carbocycles. The Bertz CT molecular complexity index is 489. The second-order valence-electron chi connectivity index (χ2n) is 5.29. The van der Waals surface area contributed by atoms with Crippen molar-refractivity contribution in [3.8, 4) is 0 Å². The summed E-state index contributed by atoms with van der Waals surface area (Å²) in [5.74, 6) is 0.729. The predicted octanol–water partition coefficient (Wildman–Crippen LogP) is 2.62. The van der Waals surface area contributed by atoms with Gasteiger partial charge in [-0.3, -0.25) is 4.79 Å². The van der Waals surface area contributed by atoms with Crippen LogP contribution >= 0.6 is 11.8 Å². The SMILES string of the molecule is Cc1nc(CSC(C)C)nc2c1CC(C(=O)O)CC2. The van der Waals surface area contributed by atoms with Gasteiger partial charge in [0, 0.05) is 11.4 Å². The molecule has 1 heterocycles. The van der Waals surface area contributed by atoms with Gasteiger partial charge in [-0.25, -0.2) is 9.97 Å². The average molecular weight is 280 g/mol. The Morgan fingerprint density at radius 3 is 2.84 bits per heavy atom. The lowest BCUT2D eigenvalue weighted by Gasteiger charge is -2.22. The van der Waals surface area contributed by atoms with Gasteiger partial charge in [0.05, 0.1) is 11.7 Å². The van der Waals surface area contributed by atoms with Crippen molar-refractivity contribution < 1.29 is 9.90 Å². The van der Waals surface area contributed by atoms with Crippen molar-refractivity contribution in [2.45, 2.75) is 51.0 Å². The lowest BCUT2D eigenvalue weighted by molar-refractivity contribution is -0.142. The van der Waals surface area contributed by atoms with Crippen LogP contribution in [0.1, 0.15) is 43.0 Å². The third kappa shape index (κ3) is 3.47. The fourth-order valence-corrected chi connectivity index (χ4v) is 2.98. The maximum absolute atomic E-state index is 11.1. The number of aromatic nitrogens is 2. The summed E-state index contributed by atoms with van der Waals surface area (Å²) in [6, 6.07) is 0. The van der Waals surface area contributed by atoms with Crippen LogP contribution < -0.4 is 0 Å². The number of hydrogen-bond donors (Lipinski definition) is 1. The first kappa shape index (κ1) is 14.3. The van der Waals surface area contributed by atoms with E-state index in [1.807, 2.05) is 18.7 Å². The van der Waals surface area contributed by atoms with Gasteiger partial charge in [-0.05, 0) is 37.0 Å². The molecule has 104 valence electrons. The second-order valence-corrected chi connectivity index (χ2v) is 6.85. The fourth-order valence-electron chi connectivity index (χ4n) is 2.37. The van der Waals surface area contributed by atoms with Crippen LogP contribution in [0.5, 0.6) is 0 Å². The highest BCUT2D eigenvalue weighted by molar-refractivity contribution is 7.99. The summed E-state index contributed by atoms with van der Waals surface area (Å²) in [5, 5.41) is 9.68. The van der Waals surface area contributed by atoms with E-state index >= 15 is 0 Å². The van der Waals surface area contributed by atoms with Crippen molar-refractivity contribution in [2.24, 2.45) is 5.92 Å². The van der Waals surface area contributed by atoms with E-state index in [0.29, 0.717) is 18.1 Å².